The molecule has 0 saturated heterocycles. The normalized spacial score (nSPS) is 11.1. The average molecular weight is 308 g/mol. The molecule has 6 heteroatoms. The minimum atomic E-state index is 0.625. The zero-order valence-electron chi connectivity index (χ0n) is 11.0. The van der Waals surface area contributed by atoms with Gasteiger partial charge >= 0.3 is 0 Å². The molecule has 3 aromatic rings. The highest BCUT2D eigenvalue weighted by Gasteiger charge is 2.14. The van der Waals surface area contributed by atoms with Crippen molar-refractivity contribution < 1.29 is 4.74 Å². The molecule has 2 aromatic heterocycles. The summed E-state index contributed by atoms with van der Waals surface area (Å²) in [5.74, 6) is 1.32. The summed E-state index contributed by atoms with van der Waals surface area (Å²) in [7, 11) is 0. The number of rotatable bonds is 5. The summed E-state index contributed by atoms with van der Waals surface area (Å²) in [6.45, 7) is 3.68. The van der Waals surface area contributed by atoms with Gasteiger partial charge < -0.3 is 10.1 Å². The van der Waals surface area contributed by atoms with Gasteiger partial charge in [-0.2, -0.15) is 4.98 Å². The fourth-order valence-corrected chi connectivity index (χ4v) is 2.85. The molecule has 0 aliphatic heterocycles. The Morgan fingerprint density at radius 1 is 1.45 bits per heavy atom. The van der Waals surface area contributed by atoms with Crippen LogP contribution in [0.3, 0.4) is 0 Å². The average Bonchev–Trinajstić information content (AvgIpc) is 2.98. The molecule has 2 heterocycles. The van der Waals surface area contributed by atoms with Crippen LogP contribution in [0.5, 0.6) is 11.6 Å². The Bertz CT molecular complexity index is 722. The van der Waals surface area contributed by atoms with E-state index in [2.05, 4.69) is 17.2 Å². The number of aromatic nitrogens is 2. The molecule has 0 saturated carbocycles. The Labute approximate surface area is 126 Å². The largest absolute Gasteiger partial charge is 0.437 e. The minimum absolute atomic E-state index is 0.625. The van der Waals surface area contributed by atoms with Crippen LogP contribution in [-0.4, -0.2) is 15.9 Å². The maximum Gasteiger partial charge on any atom is 0.243 e. The fraction of sp³-hybridized carbons (Fsp3) is 0.214. The lowest BCUT2D eigenvalue weighted by atomic mass is 10.3. The number of ether oxygens (including phenoxy) is 1. The van der Waals surface area contributed by atoms with Gasteiger partial charge in [0.25, 0.3) is 0 Å². The van der Waals surface area contributed by atoms with Crippen LogP contribution in [0, 0.1) is 0 Å². The third kappa shape index (κ3) is 2.65. The van der Waals surface area contributed by atoms with Crippen molar-refractivity contribution in [3.8, 4) is 11.6 Å². The lowest BCUT2D eigenvalue weighted by molar-refractivity contribution is 0.456. The first kappa shape index (κ1) is 13.4. The van der Waals surface area contributed by atoms with E-state index in [0.717, 1.165) is 17.2 Å². The van der Waals surface area contributed by atoms with Gasteiger partial charge in [-0.1, -0.05) is 24.6 Å². The molecule has 1 aromatic carbocycles. The Hall–Kier alpha value is -1.56. The van der Waals surface area contributed by atoms with Crippen LogP contribution in [0.4, 0.5) is 0 Å². The SMILES string of the molecule is CCNCc1c(Oc2cccc(Cl)c2)nc2sccn12. The van der Waals surface area contributed by atoms with E-state index >= 15 is 0 Å². The molecular weight excluding hydrogens is 294 g/mol. The van der Waals surface area contributed by atoms with Crippen LogP contribution >= 0.6 is 22.9 Å². The molecule has 0 spiro atoms. The molecular formula is C14H14ClN3OS. The van der Waals surface area contributed by atoms with Crippen molar-refractivity contribution in [3.05, 3.63) is 46.6 Å². The van der Waals surface area contributed by atoms with Crippen molar-refractivity contribution in [1.29, 1.82) is 0 Å². The van der Waals surface area contributed by atoms with Gasteiger partial charge in [0.1, 0.15) is 11.4 Å². The van der Waals surface area contributed by atoms with Gasteiger partial charge in [-0.15, -0.1) is 11.3 Å². The Morgan fingerprint density at radius 2 is 2.35 bits per heavy atom. The number of hydrogen-bond donors (Lipinski definition) is 1. The zero-order valence-corrected chi connectivity index (χ0v) is 12.5. The summed E-state index contributed by atoms with van der Waals surface area (Å²) in [6, 6.07) is 7.34. The maximum atomic E-state index is 5.98. The summed E-state index contributed by atoms with van der Waals surface area (Å²) in [5.41, 5.74) is 1.02. The topological polar surface area (TPSA) is 38.6 Å². The number of imidazole rings is 1. The monoisotopic (exact) mass is 307 g/mol. The summed E-state index contributed by atoms with van der Waals surface area (Å²) in [6.07, 6.45) is 2.00. The smallest absolute Gasteiger partial charge is 0.243 e. The molecule has 0 bridgehead atoms. The van der Waals surface area contributed by atoms with Gasteiger partial charge in [-0.3, -0.25) is 4.40 Å². The zero-order chi connectivity index (χ0) is 13.9. The molecule has 0 amide bonds. The Kier molecular flexibility index (Phi) is 3.91. The number of benzene rings is 1. The van der Waals surface area contributed by atoms with Crippen molar-refractivity contribution in [2.24, 2.45) is 0 Å². The van der Waals surface area contributed by atoms with E-state index in [-0.39, 0.29) is 0 Å². The molecule has 0 radical (unpaired) electrons. The molecule has 3 rings (SSSR count). The van der Waals surface area contributed by atoms with Gasteiger partial charge in [0, 0.05) is 23.1 Å². The van der Waals surface area contributed by atoms with Gasteiger partial charge in [0.2, 0.25) is 5.88 Å². The molecule has 0 aliphatic rings. The van der Waals surface area contributed by atoms with Crippen molar-refractivity contribution in [2.75, 3.05) is 6.54 Å². The van der Waals surface area contributed by atoms with Crippen molar-refractivity contribution >= 4 is 27.9 Å². The summed E-state index contributed by atoms with van der Waals surface area (Å²) in [4.78, 5) is 5.45. The molecule has 4 nitrogen and oxygen atoms in total. The lowest BCUT2D eigenvalue weighted by Gasteiger charge is -2.06. The van der Waals surface area contributed by atoms with Crippen LogP contribution in [0.15, 0.2) is 35.8 Å². The quantitative estimate of drug-likeness (QED) is 0.775. The lowest BCUT2D eigenvalue weighted by Crippen LogP contribution is -2.13. The molecule has 0 fully saturated rings. The predicted molar refractivity (Wildman–Crippen MR) is 82.0 cm³/mol. The van der Waals surface area contributed by atoms with Crippen LogP contribution in [0.1, 0.15) is 12.6 Å². The van der Waals surface area contributed by atoms with Gasteiger partial charge in [-0.25, -0.2) is 0 Å². The van der Waals surface area contributed by atoms with E-state index in [0.29, 0.717) is 23.2 Å². The van der Waals surface area contributed by atoms with Gasteiger partial charge in [0.15, 0.2) is 4.96 Å². The number of nitrogens with one attached hydrogen (secondary N) is 1. The van der Waals surface area contributed by atoms with Crippen molar-refractivity contribution in [3.63, 3.8) is 0 Å². The third-order valence-electron chi connectivity index (χ3n) is 2.88. The standard InChI is InChI=1S/C14H14ClN3OS/c1-2-16-9-12-13(17-14-18(12)6-7-20-14)19-11-5-3-4-10(15)8-11/h3-8,16H,2,9H2,1H3. The summed E-state index contributed by atoms with van der Waals surface area (Å²) in [5, 5.41) is 5.97. The summed E-state index contributed by atoms with van der Waals surface area (Å²) >= 11 is 7.56. The highest BCUT2D eigenvalue weighted by atomic mass is 35.5. The maximum absolute atomic E-state index is 5.98. The molecule has 0 atom stereocenters. The van der Waals surface area contributed by atoms with E-state index in [1.807, 2.05) is 34.2 Å². The summed E-state index contributed by atoms with van der Waals surface area (Å²) < 4.78 is 7.93. The van der Waals surface area contributed by atoms with E-state index in [1.54, 1.807) is 17.4 Å². The molecule has 104 valence electrons. The second-order valence-electron chi connectivity index (χ2n) is 4.26. The first-order valence-electron chi connectivity index (χ1n) is 6.36. The van der Waals surface area contributed by atoms with E-state index in [1.165, 1.54) is 0 Å². The second-order valence-corrected chi connectivity index (χ2v) is 5.57. The highest BCUT2D eigenvalue weighted by Crippen LogP contribution is 2.29. The van der Waals surface area contributed by atoms with E-state index < -0.39 is 0 Å². The Morgan fingerprint density at radius 3 is 3.15 bits per heavy atom. The number of hydrogen-bond acceptors (Lipinski definition) is 4. The number of nitrogens with zero attached hydrogens (tertiary/aromatic N) is 2. The fourth-order valence-electron chi connectivity index (χ4n) is 1.94. The number of thiazole rings is 1. The third-order valence-corrected chi connectivity index (χ3v) is 3.87. The van der Waals surface area contributed by atoms with Gasteiger partial charge in [0.05, 0.1) is 0 Å². The molecule has 0 unspecified atom stereocenters. The molecule has 20 heavy (non-hydrogen) atoms. The van der Waals surface area contributed by atoms with Crippen LogP contribution in [-0.2, 0) is 6.54 Å². The molecule has 1 N–H and O–H groups in total. The first-order chi connectivity index (χ1) is 9.78. The molecule has 0 aliphatic carbocycles. The number of halogens is 1. The van der Waals surface area contributed by atoms with E-state index in [9.17, 15) is 0 Å². The predicted octanol–water partition coefficient (Wildman–Crippen LogP) is 3.95. The van der Waals surface area contributed by atoms with Gasteiger partial charge in [-0.05, 0) is 24.7 Å². The second kappa shape index (κ2) is 5.83. The van der Waals surface area contributed by atoms with Crippen LogP contribution < -0.4 is 10.1 Å². The Balaban J connectivity index is 1.95. The van der Waals surface area contributed by atoms with Crippen LogP contribution in [0.25, 0.3) is 4.96 Å². The first-order valence-corrected chi connectivity index (χ1v) is 7.62. The van der Waals surface area contributed by atoms with Crippen LogP contribution in [0.2, 0.25) is 5.02 Å². The number of fused-ring (bicyclic) bond motifs is 1. The minimum Gasteiger partial charge on any atom is -0.437 e. The van der Waals surface area contributed by atoms with Crippen molar-refractivity contribution in [2.45, 2.75) is 13.5 Å². The van der Waals surface area contributed by atoms with E-state index in [4.69, 9.17) is 16.3 Å². The highest BCUT2D eigenvalue weighted by molar-refractivity contribution is 7.15. The van der Waals surface area contributed by atoms with Crippen molar-refractivity contribution in [1.82, 2.24) is 14.7 Å².